The maximum atomic E-state index is 11.2. The fourth-order valence-electron chi connectivity index (χ4n) is 1.76. The summed E-state index contributed by atoms with van der Waals surface area (Å²) >= 11 is 1.72. The Hall–Kier alpha value is -1.48. The Labute approximate surface area is 105 Å². The minimum absolute atomic E-state index is 0.625. The summed E-state index contributed by atoms with van der Waals surface area (Å²) in [6, 6.07) is 11.7. The van der Waals surface area contributed by atoms with Gasteiger partial charge < -0.3 is 4.74 Å². The lowest BCUT2D eigenvalue weighted by molar-refractivity contribution is 0.112. The number of carbonyl (C=O) groups is 1. The number of hydrogen-bond donors (Lipinski definition) is 0. The van der Waals surface area contributed by atoms with Crippen LogP contribution in [0, 0.1) is 0 Å². The van der Waals surface area contributed by atoms with Crippen molar-refractivity contribution in [2.45, 2.75) is 0 Å². The Morgan fingerprint density at radius 1 is 1.24 bits per heavy atom. The highest BCUT2D eigenvalue weighted by molar-refractivity contribution is 7.98. The summed E-state index contributed by atoms with van der Waals surface area (Å²) in [6.45, 7) is 0.625. The first-order valence-corrected chi connectivity index (χ1v) is 6.85. The summed E-state index contributed by atoms with van der Waals surface area (Å²) in [5, 5.41) is 2.01. The highest BCUT2D eigenvalue weighted by atomic mass is 32.2. The number of ether oxygens (including phenoxy) is 1. The predicted octanol–water partition coefficient (Wildman–Crippen LogP) is 3.39. The third-order valence-corrected chi connectivity index (χ3v) is 3.17. The van der Waals surface area contributed by atoms with E-state index in [0.29, 0.717) is 17.9 Å². The van der Waals surface area contributed by atoms with Gasteiger partial charge in [-0.15, -0.1) is 0 Å². The van der Waals surface area contributed by atoms with E-state index < -0.39 is 0 Å². The fraction of sp³-hybridized carbons (Fsp3) is 0.214. The van der Waals surface area contributed by atoms with Gasteiger partial charge in [0, 0.05) is 5.75 Å². The topological polar surface area (TPSA) is 26.3 Å². The van der Waals surface area contributed by atoms with Crippen LogP contribution in [0.4, 0.5) is 0 Å². The maximum Gasteiger partial charge on any atom is 0.154 e. The van der Waals surface area contributed by atoms with Crippen LogP contribution in [0.1, 0.15) is 10.4 Å². The number of aldehydes is 1. The quantitative estimate of drug-likeness (QED) is 0.597. The Bertz CT molecular complexity index is 523. The largest absolute Gasteiger partial charge is 0.492 e. The second-order valence-electron chi connectivity index (χ2n) is 3.66. The van der Waals surface area contributed by atoms with E-state index in [-0.39, 0.29) is 0 Å². The molecule has 0 aliphatic carbocycles. The molecule has 0 saturated heterocycles. The van der Waals surface area contributed by atoms with Gasteiger partial charge in [0.2, 0.25) is 0 Å². The lowest BCUT2D eigenvalue weighted by Gasteiger charge is -2.10. The lowest BCUT2D eigenvalue weighted by atomic mass is 10.0. The molecule has 88 valence electrons. The van der Waals surface area contributed by atoms with Gasteiger partial charge in [0.1, 0.15) is 5.75 Å². The van der Waals surface area contributed by atoms with Crippen LogP contribution >= 0.6 is 11.8 Å². The Balaban J connectivity index is 2.39. The van der Waals surface area contributed by atoms with Crippen molar-refractivity contribution in [1.29, 1.82) is 0 Å². The Kier molecular flexibility index (Phi) is 4.04. The third-order valence-electron chi connectivity index (χ3n) is 2.59. The van der Waals surface area contributed by atoms with Crippen molar-refractivity contribution in [2.75, 3.05) is 18.6 Å². The molecule has 0 amide bonds. The SMILES string of the molecule is CSCCOc1ccc2ccccc2c1C=O. The smallest absolute Gasteiger partial charge is 0.154 e. The van der Waals surface area contributed by atoms with E-state index in [1.165, 1.54) is 0 Å². The number of rotatable bonds is 5. The van der Waals surface area contributed by atoms with Crippen molar-refractivity contribution < 1.29 is 9.53 Å². The number of benzene rings is 2. The van der Waals surface area contributed by atoms with Gasteiger partial charge in [0.05, 0.1) is 12.2 Å². The summed E-state index contributed by atoms with van der Waals surface area (Å²) < 4.78 is 5.62. The number of hydrogen-bond acceptors (Lipinski definition) is 3. The average molecular weight is 246 g/mol. The van der Waals surface area contributed by atoms with Gasteiger partial charge in [0.25, 0.3) is 0 Å². The zero-order valence-corrected chi connectivity index (χ0v) is 10.5. The molecule has 0 bridgehead atoms. The molecule has 0 aliphatic heterocycles. The molecule has 2 aromatic rings. The molecule has 2 aromatic carbocycles. The molecule has 0 fully saturated rings. The number of carbonyl (C=O) groups excluding carboxylic acids is 1. The second kappa shape index (κ2) is 5.73. The first kappa shape index (κ1) is 12.0. The molecule has 0 heterocycles. The second-order valence-corrected chi connectivity index (χ2v) is 4.64. The molecule has 0 radical (unpaired) electrons. The summed E-state index contributed by atoms with van der Waals surface area (Å²) in [4.78, 5) is 11.2. The molecular weight excluding hydrogens is 232 g/mol. The van der Waals surface area contributed by atoms with Gasteiger partial charge >= 0.3 is 0 Å². The Morgan fingerprint density at radius 3 is 2.82 bits per heavy atom. The van der Waals surface area contributed by atoms with E-state index >= 15 is 0 Å². The molecule has 0 atom stereocenters. The average Bonchev–Trinajstić information content (AvgIpc) is 2.38. The zero-order valence-electron chi connectivity index (χ0n) is 9.68. The van der Waals surface area contributed by atoms with Crippen LogP contribution in [-0.2, 0) is 0 Å². The van der Waals surface area contributed by atoms with Gasteiger partial charge in [-0.05, 0) is 23.1 Å². The van der Waals surface area contributed by atoms with Crippen molar-refractivity contribution in [3.05, 3.63) is 42.0 Å². The normalized spacial score (nSPS) is 10.4. The fourth-order valence-corrected chi connectivity index (χ4v) is 2.01. The highest BCUT2D eigenvalue weighted by Crippen LogP contribution is 2.26. The minimum atomic E-state index is 0.625. The maximum absolute atomic E-state index is 11.2. The van der Waals surface area contributed by atoms with Crippen molar-refractivity contribution >= 4 is 28.8 Å². The van der Waals surface area contributed by atoms with Gasteiger partial charge in [-0.1, -0.05) is 30.3 Å². The van der Waals surface area contributed by atoms with Crippen LogP contribution in [-0.4, -0.2) is 24.9 Å². The molecule has 2 nitrogen and oxygen atoms in total. The van der Waals surface area contributed by atoms with E-state index in [4.69, 9.17) is 4.74 Å². The molecule has 0 N–H and O–H groups in total. The summed E-state index contributed by atoms with van der Waals surface area (Å²) in [6.07, 6.45) is 2.90. The predicted molar refractivity (Wildman–Crippen MR) is 73.2 cm³/mol. The molecule has 2 rings (SSSR count). The zero-order chi connectivity index (χ0) is 12.1. The summed E-state index contributed by atoms with van der Waals surface area (Å²) in [5.41, 5.74) is 0.643. The van der Waals surface area contributed by atoms with Gasteiger partial charge in [-0.25, -0.2) is 0 Å². The van der Waals surface area contributed by atoms with Crippen molar-refractivity contribution in [2.24, 2.45) is 0 Å². The van der Waals surface area contributed by atoms with E-state index in [1.807, 2.05) is 42.7 Å². The molecular formula is C14H14O2S. The van der Waals surface area contributed by atoms with E-state index in [2.05, 4.69) is 0 Å². The van der Waals surface area contributed by atoms with Crippen molar-refractivity contribution in [1.82, 2.24) is 0 Å². The van der Waals surface area contributed by atoms with Crippen LogP contribution in [0.25, 0.3) is 10.8 Å². The number of fused-ring (bicyclic) bond motifs is 1. The standard InChI is InChI=1S/C14H14O2S/c1-17-9-8-16-14-7-6-11-4-2-3-5-12(11)13(14)10-15/h2-7,10H,8-9H2,1H3. The van der Waals surface area contributed by atoms with Crippen LogP contribution in [0.15, 0.2) is 36.4 Å². The molecule has 0 saturated carbocycles. The molecule has 17 heavy (non-hydrogen) atoms. The molecule has 0 aliphatic rings. The van der Waals surface area contributed by atoms with Crippen LogP contribution in [0.3, 0.4) is 0 Å². The van der Waals surface area contributed by atoms with E-state index in [1.54, 1.807) is 11.8 Å². The molecule has 3 heteroatoms. The monoisotopic (exact) mass is 246 g/mol. The van der Waals surface area contributed by atoms with Crippen LogP contribution < -0.4 is 4.74 Å². The highest BCUT2D eigenvalue weighted by Gasteiger charge is 2.07. The van der Waals surface area contributed by atoms with Gasteiger partial charge in [-0.2, -0.15) is 11.8 Å². The summed E-state index contributed by atoms with van der Waals surface area (Å²) in [5.74, 6) is 1.60. The van der Waals surface area contributed by atoms with Crippen LogP contribution in [0.2, 0.25) is 0 Å². The summed E-state index contributed by atoms with van der Waals surface area (Å²) in [7, 11) is 0. The van der Waals surface area contributed by atoms with E-state index in [0.717, 1.165) is 22.8 Å². The van der Waals surface area contributed by atoms with Gasteiger partial charge in [-0.3, -0.25) is 4.79 Å². The number of thioether (sulfide) groups is 1. The minimum Gasteiger partial charge on any atom is -0.492 e. The Morgan fingerprint density at radius 2 is 2.06 bits per heavy atom. The van der Waals surface area contributed by atoms with Gasteiger partial charge in [0.15, 0.2) is 6.29 Å². The molecule has 0 unspecified atom stereocenters. The third kappa shape index (κ3) is 2.61. The van der Waals surface area contributed by atoms with Crippen molar-refractivity contribution in [3.63, 3.8) is 0 Å². The van der Waals surface area contributed by atoms with E-state index in [9.17, 15) is 4.79 Å². The first-order valence-electron chi connectivity index (χ1n) is 5.45. The van der Waals surface area contributed by atoms with Crippen LogP contribution in [0.5, 0.6) is 5.75 Å². The molecule has 0 spiro atoms. The molecule has 0 aromatic heterocycles. The van der Waals surface area contributed by atoms with Crippen molar-refractivity contribution in [3.8, 4) is 5.75 Å². The first-order chi connectivity index (χ1) is 8.36. The lowest BCUT2D eigenvalue weighted by Crippen LogP contribution is -2.02.